The summed E-state index contributed by atoms with van der Waals surface area (Å²) < 4.78 is 28.6. The SMILES string of the molecule is CN1CC[C@H](c2cn(S(=O)(=O)c3ccccc3Br)c3ccccc23)C1. The first kappa shape index (κ1) is 16.8. The van der Waals surface area contributed by atoms with Gasteiger partial charge < -0.3 is 4.90 Å². The monoisotopic (exact) mass is 418 g/mol. The van der Waals surface area contributed by atoms with E-state index < -0.39 is 10.0 Å². The third-order valence-electron chi connectivity index (χ3n) is 4.91. The van der Waals surface area contributed by atoms with Gasteiger partial charge in [0.05, 0.1) is 5.52 Å². The van der Waals surface area contributed by atoms with Crippen LogP contribution in [0.5, 0.6) is 0 Å². The number of hydrogen-bond acceptors (Lipinski definition) is 3. The van der Waals surface area contributed by atoms with E-state index in [4.69, 9.17) is 0 Å². The topological polar surface area (TPSA) is 42.3 Å². The van der Waals surface area contributed by atoms with Crippen LogP contribution in [0.1, 0.15) is 17.9 Å². The molecule has 2 heterocycles. The van der Waals surface area contributed by atoms with Crippen molar-refractivity contribution in [3.05, 3.63) is 64.8 Å². The number of likely N-dealkylation sites (tertiary alicyclic amines) is 1. The van der Waals surface area contributed by atoms with Gasteiger partial charge in [-0.25, -0.2) is 12.4 Å². The lowest BCUT2D eigenvalue weighted by Gasteiger charge is -2.10. The summed E-state index contributed by atoms with van der Waals surface area (Å²) in [7, 11) is -1.55. The maximum Gasteiger partial charge on any atom is 0.269 e. The second-order valence-corrected chi connectivity index (χ2v) is 9.22. The second kappa shape index (κ2) is 6.27. The Morgan fingerprint density at radius 2 is 1.80 bits per heavy atom. The van der Waals surface area contributed by atoms with Gasteiger partial charge in [0.15, 0.2) is 0 Å². The summed E-state index contributed by atoms with van der Waals surface area (Å²) in [6.45, 7) is 2.00. The molecule has 130 valence electrons. The van der Waals surface area contributed by atoms with Gasteiger partial charge in [-0.2, -0.15) is 0 Å². The van der Waals surface area contributed by atoms with E-state index in [9.17, 15) is 8.42 Å². The van der Waals surface area contributed by atoms with Crippen LogP contribution >= 0.6 is 15.9 Å². The largest absolute Gasteiger partial charge is 0.306 e. The van der Waals surface area contributed by atoms with E-state index in [-0.39, 0.29) is 4.90 Å². The molecule has 4 nitrogen and oxygen atoms in total. The summed E-state index contributed by atoms with van der Waals surface area (Å²) in [5.41, 5.74) is 1.86. The Bertz CT molecular complexity index is 1040. The van der Waals surface area contributed by atoms with E-state index in [1.54, 1.807) is 18.2 Å². The highest BCUT2D eigenvalue weighted by atomic mass is 79.9. The number of aromatic nitrogens is 1. The first-order valence-corrected chi connectivity index (χ1v) is 10.5. The van der Waals surface area contributed by atoms with Gasteiger partial charge in [-0.15, -0.1) is 0 Å². The molecular formula is C19H19BrN2O2S. The zero-order valence-corrected chi connectivity index (χ0v) is 16.3. The highest BCUT2D eigenvalue weighted by molar-refractivity contribution is 9.10. The van der Waals surface area contributed by atoms with Gasteiger partial charge in [0.25, 0.3) is 10.0 Å². The Labute approximate surface area is 156 Å². The molecule has 0 spiro atoms. The van der Waals surface area contributed by atoms with E-state index in [1.807, 2.05) is 36.5 Å². The van der Waals surface area contributed by atoms with Crippen molar-refractivity contribution < 1.29 is 8.42 Å². The van der Waals surface area contributed by atoms with Gasteiger partial charge in [0, 0.05) is 22.6 Å². The van der Waals surface area contributed by atoms with Crippen LogP contribution in [0, 0.1) is 0 Å². The van der Waals surface area contributed by atoms with E-state index in [0.29, 0.717) is 10.4 Å². The fraction of sp³-hybridized carbons (Fsp3) is 0.263. The molecule has 1 aliphatic rings. The predicted octanol–water partition coefficient (Wildman–Crippen LogP) is 4.06. The first-order chi connectivity index (χ1) is 12.0. The zero-order valence-electron chi connectivity index (χ0n) is 13.9. The van der Waals surface area contributed by atoms with Crippen LogP contribution in [0.4, 0.5) is 0 Å². The molecule has 0 radical (unpaired) electrons. The summed E-state index contributed by atoms with van der Waals surface area (Å²) in [4.78, 5) is 2.57. The van der Waals surface area contributed by atoms with Gasteiger partial charge in [-0.3, -0.25) is 0 Å². The molecule has 0 N–H and O–H groups in total. The molecule has 0 saturated carbocycles. The van der Waals surface area contributed by atoms with Crippen LogP contribution in [0.15, 0.2) is 64.1 Å². The summed E-state index contributed by atoms with van der Waals surface area (Å²) in [5.74, 6) is 0.366. The van der Waals surface area contributed by atoms with Crippen LogP contribution < -0.4 is 0 Å². The van der Waals surface area contributed by atoms with Gasteiger partial charge >= 0.3 is 0 Å². The molecule has 6 heteroatoms. The number of halogens is 1. The fourth-order valence-electron chi connectivity index (χ4n) is 3.65. The number of nitrogens with zero attached hydrogens (tertiary/aromatic N) is 2. The number of fused-ring (bicyclic) bond motifs is 1. The summed E-state index contributed by atoms with van der Waals surface area (Å²) in [6, 6.07) is 14.7. The van der Waals surface area contributed by atoms with E-state index in [2.05, 4.69) is 27.9 Å². The molecule has 25 heavy (non-hydrogen) atoms. The third kappa shape index (κ3) is 2.82. The molecule has 1 fully saturated rings. The van der Waals surface area contributed by atoms with E-state index in [0.717, 1.165) is 36.0 Å². The molecule has 2 aromatic carbocycles. The first-order valence-electron chi connectivity index (χ1n) is 8.27. The lowest BCUT2D eigenvalue weighted by atomic mass is 9.98. The smallest absolute Gasteiger partial charge is 0.269 e. The normalized spacial score (nSPS) is 18.9. The van der Waals surface area contributed by atoms with Gasteiger partial charge in [0.2, 0.25) is 0 Å². The van der Waals surface area contributed by atoms with Crippen molar-refractivity contribution in [3.63, 3.8) is 0 Å². The maximum absolute atomic E-state index is 13.3. The standard InChI is InChI=1S/C19H19BrN2O2S/c1-21-11-10-14(12-21)16-13-22(18-8-4-2-6-15(16)18)25(23,24)19-9-5-3-7-17(19)20/h2-9,13-14H,10-12H2,1H3/t14-/m0/s1. The Kier molecular flexibility index (Phi) is 4.22. The molecule has 1 atom stereocenters. The highest BCUT2D eigenvalue weighted by Crippen LogP contribution is 2.35. The maximum atomic E-state index is 13.3. The molecule has 0 aliphatic carbocycles. The molecule has 0 bridgehead atoms. The minimum absolute atomic E-state index is 0.283. The van der Waals surface area contributed by atoms with Crippen molar-refractivity contribution in [2.45, 2.75) is 17.2 Å². The summed E-state index contributed by atoms with van der Waals surface area (Å²) in [6.07, 6.45) is 2.88. The Morgan fingerprint density at radius 1 is 1.08 bits per heavy atom. The number of para-hydroxylation sites is 1. The van der Waals surface area contributed by atoms with Crippen LogP contribution in [0.2, 0.25) is 0 Å². The Morgan fingerprint density at radius 3 is 2.52 bits per heavy atom. The van der Waals surface area contributed by atoms with Crippen LogP contribution in [0.25, 0.3) is 10.9 Å². The highest BCUT2D eigenvalue weighted by Gasteiger charge is 2.28. The van der Waals surface area contributed by atoms with Crippen molar-refractivity contribution in [3.8, 4) is 0 Å². The molecule has 3 aromatic rings. The summed E-state index contributed by atoms with van der Waals surface area (Å²) >= 11 is 3.38. The number of benzene rings is 2. The fourth-order valence-corrected chi connectivity index (χ4v) is 5.99. The van der Waals surface area contributed by atoms with Crippen molar-refractivity contribution in [2.75, 3.05) is 20.1 Å². The van der Waals surface area contributed by atoms with Crippen LogP contribution in [-0.2, 0) is 10.0 Å². The predicted molar refractivity (Wildman–Crippen MR) is 104 cm³/mol. The number of rotatable bonds is 3. The number of likely N-dealkylation sites (N-methyl/N-ethyl adjacent to an activating group) is 1. The van der Waals surface area contributed by atoms with Crippen molar-refractivity contribution in [1.82, 2.24) is 8.87 Å². The van der Waals surface area contributed by atoms with Gasteiger partial charge in [-0.1, -0.05) is 30.3 Å². The average molecular weight is 419 g/mol. The molecule has 0 unspecified atom stereocenters. The zero-order chi connectivity index (χ0) is 17.6. The van der Waals surface area contributed by atoms with Crippen molar-refractivity contribution >= 4 is 36.9 Å². The lowest BCUT2D eigenvalue weighted by Crippen LogP contribution is -2.14. The quantitative estimate of drug-likeness (QED) is 0.643. The van der Waals surface area contributed by atoms with Gasteiger partial charge in [-0.05, 0) is 65.6 Å². The summed E-state index contributed by atoms with van der Waals surface area (Å²) in [5, 5.41) is 1.03. The second-order valence-electron chi connectivity index (χ2n) is 6.58. The van der Waals surface area contributed by atoms with Crippen LogP contribution in [-0.4, -0.2) is 37.4 Å². The Hall–Kier alpha value is -1.63. The van der Waals surface area contributed by atoms with E-state index in [1.165, 1.54) is 3.97 Å². The molecule has 1 saturated heterocycles. The molecule has 1 aliphatic heterocycles. The van der Waals surface area contributed by atoms with E-state index >= 15 is 0 Å². The third-order valence-corrected chi connectivity index (χ3v) is 7.60. The average Bonchev–Trinajstić information content (AvgIpc) is 3.19. The van der Waals surface area contributed by atoms with Crippen molar-refractivity contribution in [1.29, 1.82) is 0 Å². The van der Waals surface area contributed by atoms with Crippen LogP contribution in [0.3, 0.4) is 0 Å². The molecule has 4 rings (SSSR count). The van der Waals surface area contributed by atoms with Gasteiger partial charge in [0.1, 0.15) is 4.90 Å². The minimum atomic E-state index is -3.66. The molecular weight excluding hydrogens is 400 g/mol. The van der Waals surface area contributed by atoms with Crippen molar-refractivity contribution in [2.24, 2.45) is 0 Å². The lowest BCUT2D eigenvalue weighted by molar-refractivity contribution is 0.412. The minimum Gasteiger partial charge on any atom is -0.306 e. The molecule has 1 aromatic heterocycles. The number of hydrogen-bond donors (Lipinski definition) is 0. The molecule has 0 amide bonds. The Balaban J connectivity index is 1.93.